The lowest BCUT2D eigenvalue weighted by molar-refractivity contribution is 0.190. The first-order valence-corrected chi connectivity index (χ1v) is 6.10. The summed E-state index contributed by atoms with van der Waals surface area (Å²) in [6.45, 7) is 9.08. The quantitative estimate of drug-likeness (QED) is 0.670. The molecular formula is C10H20INO. The van der Waals surface area contributed by atoms with Crippen molar-refractivity contribution in [3.8, 4) is 0 Å². The lowest BCUT2D eigenvalue weighted by Crippen LogP contribution is -2.32. The lowest BCUT2D eigenvalue weighted by Gasteiger charge is -2.24. The molecule has 0 aromatic carbocycles. The Balaban J connectivity index is 2.27. The second-order valence-corrected chi connectivity index (χ2v) is 4.75. The predicted molar refractivity (Wildman–Crippen MR) is 64.0 cm³/mol. The van der Waals surface area contributed by atoms with E-state index in [2.05, 4.69) is 18.7 Å². The molecule has 2 nitrogen and oxygen atoms in total. The van der Waals surface area contributed by atoms with E-state index in [1.807, 2.05) is 23.0 Å². The van der Waals surface area contributed by atoms with Gasteiger partial charge in [0.15, 0.2) is 0 Å². The average molecular weight is 297 g/mol. The van der Waals surface area contributed by atoms with Crippen molar-refractivity contribution in [1.82, 2.24) is 4.90 Å². The highest BCUT2D eigenvalue weighted by molar-refractivity contribution is 14.1. The molecule has 0 heterocycles. The van der Waals surface area contributed by atoms with Crippen LogP contribution in [0.2, 0.25) is 0 Å². The summed E-state index contributed by atoms with van der Waals surface area (Å²) in [6.07, 6.45) is 3.97. The Morgan fingerprint density at radius 1 is 1.38 bits per heavy atom. The summed E-state index contributed by atoms with van der Waals surface area (Å²) >= 11 is 2.01. The molecule has 78 valence electrons. The molecule has 0 unspecified atom stereocenters. The Kier molecular flexibility index (Phi) is 4.97. The fourth-order valence-corrected chi connectivity index (χ4v) is 2.44. The molecular weight excluding hydrogens is 277 g/mol. The normalized spacial score (nSPS) is 19.4. The van der Waals surface area contributed by atoms with Crippen molar-refractivity contribution >= 4 is 23.0 Å². The maximum atomic E-state index is 5.24. The molecule has 0 amide bonds. The van der Waals surface area contributed by atoms with Gasteiger partial charge in [0.05, 0.1) is 6.61 Å². The maximum Gasteiger partial charge on any atom is 0.109 e. The third kappa shape index (κ3) is 3.72. The Morgan fingerprint density at radius 2 is 2.08 bits per heavy atom. The first kappa shape index (κ1) is 11.7. The van der Waals surface area contributed by atoms with E-state index in [9.17, 15) is 0 Å². The van der Waals surface area contributed by atoms with Gasteiger partial charge in [-0.25, -0.2) is 0 Å². The molecule has 1 saturated carbocycles. The second-order valence-electron chi connectivity index (χ2n) is 4.12. The first-order valence-electron chi connectivity index (χ1n) is 5.22. The van der Waals surface area contributed by atoms with E-state index in [0.29, 0.717) is 5.41 Å². The van der Waals surface area contributed by atoms with E-state index in [4.69, 9.17) is 3.07 Å². The predicted octanol–water partition coefficient (Wildman–Crippen LogP) is 2.87. The minimum Gasteiger partial charge on any atom is -0.315 e. The van der Waals surface area contributed by atoms with Crippen molar-refractivity contribution in [2.75, 3.05) is 26.2 Å². The monoisotopic (exact) mass is 297 g/mol. The Hall–Kier alpha value is 0.650. The molecule has 0 atom stereocenters. The highest BCUT2D eigenvalue weighted by Gasteiger charge is 2.43. The van der Waals surface area contributed by atoms with Gasteiger partial charge in [-0.15, -0.1) is 0 Å². The third-order valence-electron chi connectivity index (χ3n) is 2.86. The molecule has 13 heavy (non-hydrogen) atoms. The van der Waals surface area contributed by atoms with Gasteiger partial charge >= 0.3 is 0 Å². The van der Waals surface area contributed by atoms with Crippen LogP contribution in [0.15, 0.2) is 0 Å². The zero-order valence-electron chi connectivity index (χ0n) is 8.68. The van der Waals surface area contributed by atoms with Gasteiger partial charge in [0.2, 0.25) is 0 Å². The van der Waals surface area contributed by atoms with Crippen LogP contribution in [0.5, 0.6) is 0 Å². The van der Waals surface area contributed by atoms with Crippen LogP contribution in [0.4, 0.5) is 0 Å². The Morgan fingerprint density at radius 3 is 2.46 bits per heavy atom. The van der Waals surface area contributed by atoms with Crippen LogP contribution in [0.3, 0.4) is 0 Å². The highest BCUT2D eigenvalue weighted by atomic mass is 127. The Labute approximate surface area is 95.7 Å². The van der Waals surface area contributed by atoms with E-state index in [0.717, 1.165) is 6.61 Å². The molecule has 3 heteroatoms. The molecule has 0 N–H and O–H groups in total. The fourth-order valence-electron chi connectivity index (χ4n) is 1.78. The molecule has 1 rings (SSSR count). The molecule has 0 aliphatic heterocycles. The summed E-state index contributed by atoms with van der Waals surface area (Å²) in [5.74, 6) is 0. The smallest absolute Gasteiger partial charge is 0.109 e. The molecule has 0 saturated heterocycles. The summed E-state index contributed by atoms with van der Waals surface area (Å²) in [5.41, 5.74) is 0.520. The van der Waals surface area contributed by atoms with E-state index < -0.39 is 0 Å². The number of halogens is 1. The SMILES string of the molecule is CCCN(CC)CC1(COI)CC1. The Bertz CT molecular complexity index is 148. The van der Waals surface area contributed by atoms with Gasteiger partial charge in [0, 0.05) is 12.0 Å². The standard InChI is InChI=1S/C10H20INO/c1-3-7-12(4-2)8-10(5-6-10)9-13-11/h3-9H2,1-2H3. The van der Waals surface area contributed by atoms with E-state index >= 15 is 0 Å². The van der Waals surface area contributed by atoms with Gasteiger partial charge in [-0.2, -0.15) is 0 Å². The van der Waals surface area contributed by atoms with Crippen molar-refractivity contribution < 1.29 is 3.07 Å². The maximum absolute atomic E-state index is 5.24. The number of hydrogen-bond acceptors (Lipinski definition) is 2. The average Bonchev–Trinajstić information content (AvgIpc) is 2.85. The van der Waals surface area contributed by atoms with E-state index in [-0.39, 0.29) is 0 Å². The van der Waals surface area contributed by atoms with Crippen LogP contribution >= 0.6 is 23.0 Å². The van der Waals surface area contributed by atoms with Crippen molar-refractivity contribution in [2.24, 2.45) is 5.41 Å². The summed E-state index contributed by atoms with van der Waals surface area (Å²) in [4.78, 5) is 2.54. The van der Waals surface area contributed by atoms with Crippen LogP contribution in [-0.4, -0.2) is 31.1 Å². The van der Waals surface area contributed by atoms with Crippen molar-refractivity contribution in [2.45, 2.75) is 33.1 Å². The summed E-state index contributed by atoms with van der Waals surface area (Å²) in [6, 6.07) is 0. The van der Waals surface area contributed by atoms with Crippen molar-refractivity contribution in [3.05, 3.63) is 0 Å². The van der Waals surface area contributed by atoms with Crippen molar-refractivity contribution in [3.63, 3.8) is 0 Å². The number of nitrogens with zero attached hydrogens (tertiary/aromatic N) is 1. The second kappa shape index (κ2) is 5.51. The lowest BCUT2D eigenvalue weighted by atomic mass is 10.1. The zero-order chi connectivity index (χ0) is 9.73. The van der Waals surface area contributed by atoms with Gasteiger partial charge in [-0.3, -0.25) is 0 Å². The van der Waals surface area contributed by atoms with Gasteiger partial charge in [-0.05, 0) is 32.4 Å². The van der Waals surface area contributed by atoms with Gasteiger partial charge in [-0.1, -0.05) is 13.8 Å². The van der Waals surface area contributed by atoms with Crippen LogP contribution in [0.25, 0.3) is 0 Å². The van der Waals surface area contributed by atoms with E-state index in [1.165, 1.54) is 38.9 Å². The molecule has 1 aliphatic rings. The number of hydrogen-bond donors (Lipinski definition) is 0. The van der Waals surface area contributed by atoms with E-state index in [1.54, 1.807) is 0 Å². The fraction of sp³-hybridized carbons (Fsp3) is 1.00. The largest absolute Gasteiger partial charge is 0.315 e. The first-order chi connectivity index (χ1) is 6.26. The molecule has 0 aromatic heterocycles. The molecule has 0 bridgehead atoms. The molecule has 0 spiro atoms. The minimum absolute atomic E-state index is 0.520. The number of rotatable bonds is 7. The van der Waals surface area contributed by atoms with Gasteiger partial charge in [0.1, 0.15) is 23.0 Å². The third-order valence-corrected chi connectivity index (χ3v) is 3.18. The van der Waals surface area contributed by atoms with Crippen LogP contribution in [-0.2, 0) is 3.07 Å². The summed E-state index contributed by atoms with van der Waals surface area (Å²) in [5, 5.41) is 0. The summed E-state index contributed by atoms with van der Waals surface area (Å²) in [7, 11) is 0. The molecule has 1 fully saturated rings. The van der Waals surface area contributed by atoms with Crippen LogP contribution in [0.1, 0.15) is 33.1 Å². The highest BCUT2D eigenvalue weighted by Crippen LogP contribution is 2.46. The van der Waals surface area contributed by atoms with Crippen LogP contribution < -0.4 is 0 Å². The summed E-state index contributed by atoms with van der Waals surface area (Å²) < 4.78 is 5.24. The van der Waals surface area contributed by atoms with Crippen molar-refractivity contribution in [1.29, 1.82) is 0 Å². The van der Waals surface area contributed by atoms with Crippen LogP contribution in [0, 0.1) is 5.41 Å². The van der Waals surface area contributed by atoms with Gasteiger partial charge in [0.25, 0.3) is 0 Å². The zero-order valence-corrected chi connectivity index (χ0v) is 10.8. The molecule has 0 radical (unpaired) electrons. The molecule has 1 aliphatic carbocycles. The molecule has 0 aromatic rings. The van der Waals surface area contributed by atoms with Gasteiger partial charge < -0.3 is 7.97 Å². The minimum atomic E-state index is 0.520. The topological polar surface area (TPSA) is 12.5 Å².